The summed E-state index contributed by atoms with van der Waals surface area (Å²) in [5, 5.41) is 0. The maximum atomic E-state index is 5.29. The predicted molar refractivity (Wildman–Crippen MR) is 73.9 cm³/mol. The number of hydrogen-bond donors (Lipinski definition) is 1. The van der Waals surface area contributed by atoms with E-state index in [9.17, 15) is 0 Å². The number of nitrogens with zero attached hydrogens (tertiary/aromatic N) is 2. The Morgan fingerprint density at radius 1 is 1.18 bits per heavy atom. The van der Waals surface area contributed by atoms with Crippen LogP contribution in [0.25, 0.3) is 11.3 Å². The van der Waals surface area contributed by atoms with E-state index in [0.717, 1.165) is 22.8 Å². The summed E-state index contributed by atoms with van der Waals surface area (Å²) < 4.78 is 0.645. The Balaban J connectivity index is 2.65. The molecule has 0 fully saturated rings. The number of hydrogen-bond acceptors (Lipinski definition) is 3. The van der Waals surface area contributed by atoms with Gasteiger partial charge in [-0.3, -0.25) is 0 Å². The zero-order valence-corrected chi connectivity index (χ0v) is 11.0. The molecule has 4 heteroatoms. The first-order chi connectivity index (χ1) is 8.09. The molecule has 88 valence electrons. The molecule has 2 rings (SSSR count). The summed E-state index contributed by atoms with van der Waals surface area (Å²) in [6, 6.07) is 10.2. The summed E-state index contributed by atoms with van der Waals surface area (Å²) in [5.41, 5.74) is 3.17. The molecule has 0 saturated heterocycles. The monoisotopic (exact) mass is 245 g/mol. The molecular formula is C13H15N3S. The lowest BCUT2D eigenvalue weighted by Gasteiger charge is -2.14. The second kappa shape index (κ2) is 4.67. The Bertz CT molecular complexity index is 573. The van der Waals surface area contributed by atoms with Crippen LogP contribution in [-0.4, -0.2) is 24.1 Å². The van der Waals surface area contributed by atoms with Crippen LogP contribution in [0.1, 0.15) is 5.56 Å². The molecule has 2 aromatic rings. The van der Waals surface area contributed by atoms with Gasteiger partial charge in [-0.2, -0.15) is 0 Å². The van der Waals surface area contributed by atoms with Gasteiger partial charge in [-0.05, 0) is 12.5 Å². The standard InChI is InChI=1S/C13H15N3S/c1-9-11(10-7-5-4-6-8-10)14-13(16(2)3)15-12(9)17/h4-8H,1-3H3,(H,14,15,17). The third kappa shape index (κ3) is 2.36. The van der Waals surface area contributed by atoms with Crippen LogP contribution in [0.2, 0.25) is 0 Å². The topological polar surface area (TPSA) is 31.9 Å². The second-order valence-electron chi connectivity index (χ2n) is 4.13. The summed E-state index contributed by atoms with van der Waals surface area (Å²) in [7, 11) is 3.88. The van der Waals surface area contributed by atoms with Crippen LogP contribution in [0, 0.1) is 11.6 Å². The highest BCUT2D eigenvalue weighted by Crippen LogP contribution is 2.22. The highest BCUT2D eigenvalue weighted by molar-refractivity contribution is 7.71. The molecule has 0 aliphatic carbocycles. The van der Waals surface area contributed by atoms with Gasteiger partial charge in [-0.25, -0.2) is 4.98 Å². The van der Waals surface area contributed by atoms with Crippen LogP contribution in [0.3, 0.4) is 0 Å². The van der Waals surface area contributed by atoms with Crippen molar-refractivity contribution in [2.24, 2.45) is 0 Å². The lowest BCUT2D eigenvalue weighted by atomic mass is 10.1. The average Bonchev–Trinajstić information content (AvgIpc) is 2.33. The average molecular weight is 245 g/mol. The first kappa shape index (κ1) is 11.8. The minimum atomic E-state index is 0.645. The van der Waals surface area contributed by atoms with E-state index >= 15 is 0 Å². The van der Waals surface area contributed by atoms with Gasteiger partial charge < -0.3 is 9.88 Å². The third-order valence-electron chi connectivity index (χ3n) is 2.63. The summed E-state index contributed by atoms with van der Waals surface area (Å²) in [5.74, 6) is 0.777. The van der Waals surface area contributed by atoms with Crippen molar-refractivity contribution >= 4 is 18.2 Å². The predicted octanol–water partition coefficient (Wildman–Crippen LogP) is 3.18. The van der Waals surface area contributed by atoms with Gasteiger partial charge >= 0.3 is 0 Å². The highest BCUT2D eigenvalue weighted by atomic mass is 32.1. The van der Waals surface area contributed by atoms with Crippen molar-refractivity contribution in [1.29, 1.82) is 0 Å². The van der Waals surface area contributed by atoms with E-state index in [1.165, 1.54) is 0 Å². The summed E-state index contributed by atoms with van der Waals surface area (Å²) in [6.07, 6.45) is 0. The SMILES string of the molecule is Cc1c(-c2ccccc2)[nH]c(N(C)C)nc1=S. The van der Waals surface area contributed by atoms with Crippen molar-refractivity contribution in [3.8, 4) is 11.3 Å². The molecule has 3 nitrogen and oxygen atoms in total. The van der Waals surface area contributed by atoms with Gasteiger partial charge in [-0.15, -0.1) is 0 Å². The molecule has 1 aromatic heterocycles. The lowest BCUT2D eigenvalue weighted by Crippen LogP contribution is -2.13. The van der Waals surface area contributed by atoms with Crippen molar-refractivity contribution in [2.45, 2.75) is 6.92 Å². The number of H-pyrrole nitrogens is 1. The Morgan fingerprint density at radius 3 is 2.41 bits per heavy atom. The first-order valence-electron chi connectivity index (χ1n) is 5.43. The van der Waals surface area contributed by atoms with Crippen molar-refractivity contribution in [1.82, 2.24) is 9.97 Å². The fourth-order valence-corrected chi connectivity index (χ4v) is 1.81. The number of aromatic amines is 1. The van der Waals surface area contributed by atoms with E-state index in [1.54, 1.807) is 0 Å². The molecule has 0 spiro atoms. The van der Waals surface area contributed by atoms with E-state index in [2.05, 4.69) is 22.1 Å². The number of anilines is 1. The van der Waals surface area contributed by atoms with E-state index in [1.807, 2.05) is 44.1 Å². The molecule has 0 unspecified atom stereocenters. The van der Waals surface area contributed by atoms with Crippen LogP contribution in [0.4, 0.5) is 5.95 Å². The Labute approximate surface area is 106 Å². The zero-order chi connectivity index (χ0) is 12.4. The Morgan fingerprint density at radius 2 is 1.82 bits per heavy atom. The van der Waals surface area contributed by atoms with Crippen LogP contribution in [0.15, 0.2) is 30.3 Å². The maximum absolute atomic E-state index is 5.29. The Kier molecular flexibility index (Phi) is 3.24. The molecule has 1 aromatic carbocycles. The van der Waals surface area contributed by atoms with Gasteiger partial charge in [0, 0.05) is 19.7 Å². The largest absolute Gasteiger partial charge is 0.348 e. The van der Waals surface area contributed by atoms with E-state index in [0.29, 0.717) is 4.64 Å². The summed E-state index contributed by atoms with van der Waals surface area (Å²) in [4.78, 5) is 9.58. The number of aromatic nitrogens is 2. The smallest absolute Gasteiger partial charge is 0.204 e. The fourth-order valence-electron chi connectivity index (χ4n) is 1.63. The second-order valence-corrected chi connectivity index (χ2v) is 4.51. The zero-order valence-electron chi connectivity index (χ0n) is 10.2. The molecule has 17 heavy (non-hydrogen) atoms. The number of rotatable bonds is 2. The quantitative estimate of drug-likeness (QED) is 0.825. The van der Waals surface area contributed by atoms with Crippen molar-refractivity contribution in [2.75, 3.05) is 19.0 Å². The molecule has 0 atom stereocenters. The molecular weight excluding hydrogens is 230 g/mol. The minimum Gasteiger partial charge on any atom is -0.348 e. The number of nitrogens with one attached hydrogen (secondary N) is 1. The van der Waals surface area contributed by atoms with Gasteiger partial charge in [0.1, 0.15) is 4.64 Å². The van der Waals surface area contributed by atoms with Gasteiger partial charge in [0.15, 0.2) is 0 Å². The maximum Gasteiger partial charge on any atom is 0.204 e. The van der Waals surface area contributed by atoms with E-state index in [4.69, 9.17) is 12.2 Å². The van der Waals surface area contributed by atoms with Crippen molar-refractivity contribution < 1.29 is 0 Å². The lowest BCUT2D eigenvalue weighted by molar-refractivity contribution is 0.985. The van der Waals surface area contributed by atoms with Gasteiger partial charge in [-0.1, -0.05) is 42.5 Å². The normalized spacial score (nSPS) is 10.3. The molecule has 0 aliphatic heterocycles. The van der Waals surface area contributed by atoms with Gasteiger partial charge in [0.25, 0.3) is 0 Å². The van der Waals surface area contributed by atoms with Crippen LogP contribution in [-0.2, 0) is 0 Å². The number of benzene rings is 1. The fraction of sp³-hybridized carbons (Fsp3) is 0.231. The first-order valence-corrected chi connectivity index (χ1v) is 5.84. The molecule has 0 amide bonds. The molecule has 0 aliphatic rings. The molecule has 0 saturated carbocycles. The van der Waals surface area contributed by atoms with E-state index < -0.39 is 0 Å². The van der Waals surface area contributed by atoms with Gasteiger partial charge in [0.2, 0.25) is 5.95 Å². The molecule has 0 radical (unpaired) electrons. The van der Waals surface area contributed by atoms with E-state index in [-0.39, 0.29) is 0 Å². The molecule has 1 N–H and O–H groups in total. The molecule has 1 heterocycles. The molecule has 0 bridgehead atoms. The van der Waals surface area contributed by atoms with Gasteiger partial charge in [0.05, 0.1) is 5.69 Å². The summed E-state index contributed by atoms with van der Waals surface area (Å²) in [6.45, 7) is 1.99. The van der Waals surface area contributed by atoms with Crippen LogP contribution in [0.5, 0.6) is 0 Å². The highest BCUT2D eigenvalue weighted by Gasteiger charge is 2.07. The Hall–Kier alpha value is -1.68. The van der Waals surface area contributed by atoms with Crippen LogP contribution < -0.4 is 4.90 Å². The third-order valence-corrected chi connectivity index (χ3v) is 3.02. The minimum absolute atomic E-state index is 0.645. The van der Waals surface area contributed by atoms with Crippen molar-refractivity contribution in [3.05, 3.63) is 40.5 Å². The van der Waals surface area contributed by atoms with Crippen LogP contribution >= 0.6 is 12.2 Å². The van der Waals surface area contributed by atoms with Crippen molar-refractivity contribution in [3.63, 3.8) is 0 Å². The summed E-state index contributed by atoms with van der Waals surface area (Å²) >= 11 is 5.29.